The van der Waals surface area contributed by atoms with Crippen LogP contribution in [0.5, 0.6) is 0 Å². The second-order valence-corrected chi connectivity index (χ2v) is 4.71. The number of aliphatic imine (C=N–C) groups is 1. The first-order valence-corrected chi connectivity index (χ1v) is 6.65. The van der Waals surface area contributed by atoms with E-state index in [9.17, 15) is 0 Å². The van der Waals surface area contributed by atoms with Crippen LogP contribution in [0.15, 0.2) is 23.5 Å². The molecule has 1 aromatic heterocycles. The van der Waals surface area contributed by atoms with Gasteiger partial charge in [-0.3, -0.25) is 9.67 Å². The number of nitrogens with one attached hydrogen (secondary N) is 2. The van der Waals surface area contributed by atoms with Gasteiger partial charge >= 0.3 is 0 Å². The Kier molecular flexibility index (Phi) is 6.25. The third-order valence-corrected chi connectivity index (χ3v) is 2.87. The topological polar surface area (TPSA) is 54.2 Å². The highest BCUT2D eigenvalue weighted by Gasteiger charge is 2.08. The number of hydrogen-bond donors (Lipinski definition) is 2. The molecule has 1 aromatic rings. The highest BCUT2D eigenvalue weighted by atomic mass is 15.3. The van der Waals surface area contributed by atoms with Crippen LogP contribution < -0.4 is 10.6 Å². The highest BCUT2D eigenvalue weighted by Crippen LogP contribution is 1.99. The van der Waals surface area contributed by atoms with Gasteiger partial charge in [-0.25, -0.2) is 0 Å². The molecule has 0 aliphatic heterocycles. The molecule has 0 aliphatic rings. The first-order valence-electron chi connectivity index (χ1n) is 6.65. The van der Waals surface area contributed by atoms with Gasteiger partial charge in [-0.2, -0.15) is 5.10 Å². The highest BCUT2D eigenvalue weighted by molar-refractivity contribution is 5.80. The summed E-state index contributed by atoms with van der Waals surface area (Å²) in [4.78, 5) is 4.54. The molecule has 1 rings (SSSR count). The molecule has 0 spiro atoms. The average molecular weight is 251 g/mol. The fraction of sp³-hybridized carbons (Fsp3) is 0.692. The Balaban J connectivity index is 2.44. The lowest BCUT2D eigenvalue weighted by molar-refractivity contribution is 0.480. The lowest BCUT2D eigenvalue weighted by Crippen LogP contribution is -2.44. The molecule has 0 aliphatic carbocycles. The van der Waals surface area contributed by atoms with Gasteiger partial charge < -0.3 is 10.6 Å². The van der Waals surface area contributed by atoms with Crippen LogP contribution in [0.4, 0.5) is 0 Å². The molecule has 0 fully saturated rings. The van der Waals surface area contributed by atoms with Crippen molar-refractivity contribution in [2.45, 2.75) is 40.3 Å². The van der Waals surface area contributed by atoms with E-state index in [1.807, 2.05) is 16.9 Å². The van der Waals surface area contributed by atoms with E-state index in [4.69, 9.17) is 0 Å². The Labute approximate surface area is 110 Å². The van der Waals surface area contributed by atoms with E-state index in [1.54, 1.807) is 6.20 Å². The van der Waals surface area contributed by atoms with Crippen molar-refractivity contribution in [1.82, 2.24) is 20.4 Å². The summed E-state index contributed by atoms with van der Waals surface area (Å²) in [5.74, 6) is 1.46. The predicted molar refractivity (Wildman–Crippen MR) is 75.6 cm³/mol. The Morgan fingerprint density at radius 1 is 1.39 bits per heavy atom. The summed E-state index contributed by atoms with van der Waals surface area (Å²) in [5.41, 5.74) is 0. The van der Waals surface area contributed by atoms with E-state index in [2.05, 4.69) is 48.4 Å². The molecule has 0 saturated heterocycles. The molecule has 5 nitrogen and oxygen atoms in total. The standard InChI is InChI=1S/C13H25N5/c1-5-14-13(17-12(4)11(2)3)15-8-10-18-9-6-7-16-18/h6-7,9,11-12H,5,8,10H2,1-4H3,(H2,14,15,17). The molecule has 0 bridgehead atoms. The van der Waals surface area contributed by atoms with Crippen LogP contribution in [0.2, 0.25) is 0 Å². The molecule has 1 unspecified atom stereocenters. The van der Waals surface area contributed by atoms with Gasteiger partial charge in [0.15, 0.2) is 5.96 Å². The molecular weight excluding hydrogens is 226 g/mol. The summed E-state index contributed by atoms with van der Waals surface area (Å²) in [6, 6.07) is 2.33. The second kappa shape index (κ2) is 7.74. The monoisotopic (exact) mass is 251 g/mol. The zero-order valence-electron chi connectivity index (χ0n) is 11.8. The fourth-order valence-corrected chi connectivity index (χ4v) is 1.40. The van der Waals surface area contributed by atoms with Crippen molar-refractivity contribution in [1.29, 1.82) is 0 Å². The van der Waals surface area contributed by atoms with Gasteiger partial charge in [0.1, 0.15) is 0 Å². The Bertz CT molecular complexity index is 342. The lowest BCUT2D eigenvalue weighted by Gasteiger charge is -2.20. The Hall–Kier alpha value is -1.52. The average Bonchev–Trinajstić information content (AvgIpc) is 2.82. The number of nitrogens with zero attached hydrogens (tertiary/aromatic N) is 3. The van der Waals surface area contributed by atoms with Crippen LogP contribution in [0.25, 0.3) is 0 Å². The van der Waals surface area contributed by atoms with Crippen LogP contribution in [0, 0.1) is 5.92 Å². The first-order chi connectivity index (χ1) is 8.63. The van der Waals surface area contributed by atoms with Crippen LogP contribution >= 0.6 is 0 Å². The molecule has 0 aromatic carbocycles. The molecule has 18 heavy (non-hydrogen) atoms. The molecular formula is C13H25N5. The molecule has 0 radical (unpaired) electrons. The van der Waals surface area contributed by atoms with Gasteiger partial charge in [-0.15, -0.1) is 0 Å². The minimum atomic E-state index is 0.410. The van der Waals surface area contributed by atoms with Gasteiger partial charge in [0, 0.05) is 25.0 Å². The maximum absolute atomic E-state index is 4.54. The quantitative estimate of drug-likeness (QED) is 0.595. The van der Waals surface area contributed by atoms with Crippen molar-refractivity contribution in [3.63, 3.8) is 0 Å². The van der Waals surface area contributed by atoms with Gasteiger partial charge in [0.2, 0.25) is 0 Å². The smallest absolute Gasteiger partial charge is 0.191 e. The molecule has 5 heteroatoms. The second-order valence-electron chi connectivity index (χ2n) is 4.71. The van der Waals surface area contributed by atoms with Gasteiger partial charge in [0.05, 0.1) is 13.1 Å². The number of hydrogen-bond acceptors (Lipinski definition) is 2. The summed E-state index contributed by atoms with van der Waals surface area (Å²) < 4.78 is 1.89. The van der Waals surface area contributed by atoms with E-state index in [0.717, 1.165) is 25.6 Å². The van der Waals surface area contributed by atoms with Crippen molar-refractivity contribution in [3.05, 3.63) is 18.5 Å². The van der Waals surface area contributed by atoms with Crippen molar-refractivity contribution in [2.24, 2.45) is 10.9 Å². The number of guanidine groups is 1. The lowest BCUT2D eigenvalue weighted by atomic mass is 10.1. The van der Waals surface area contributed by atoms with Crippen LogP contribution in [0.1, 0.15) is 27.7 Å². The largest absolute Gasteiger partial charge is 0.357 e. The zero-order chi connectivity index (χ0) is 13.4. The summed E-state index contributed by atoms with van der Waals surface area (Å²) in [6.45, 7) is 11.0. The maximum Gasteiger partial charge on any atom is 0.191 e. The molecule has 102 valence electrons. The zero-order valence-corrected chi connectivity index (χ0v) is 11.8. The van der Waals surface area contributed by atoms with E-state index < -0.39 is 0 Å². The van der Waals surface area contributed by atoms with Gasteiger partial charge in [-0.05, 0) is 25.8 Å². The fourth-order valence-electron chi connectivity index (χ4n) is 1.40. The summed E-state index contributed by atoms with van der Waals surface area (Å²) in [5, 5.41) is 10.8. The minimum Gasteiger partial charge on any atom is -0.357 e. The van der Waals surface area contributed by atoms with Gasteiger partial charge in [-0.1, -0.05) is 13.8 Å². The molecule has 1 heterocycles. The predicted octanol–water partition coefficient (Wildman–Crippen LogP) is 1.48. The third-order valence-electron chi connectivity index (χ3n) is 2.87. The Morgan fingerprint density at radius 3 is 2.72 bits per heavy atom. The third kappa shape index (κ3) is 5.21. The van der Waals surface area contributed by atoms with E-state index in [0.29, 0.717) is 12.0 Å². The molecule has 0 saturated carbocycles. The SMILES string of the molecule is CCNC(=NCCn1cccn1)NC(C)C(C)C. The number of rotatable bonds is 6. The molecule has 1 atom stereocenters. The first kappa shape index (κ1) is 14.5. The summed E-state index contributed by atoms with van der Waals surface area (Å²) in [7, 11) is 0. The van der Waals surface area contributed by atoms with Crippen LogP contribution in [-0.2, 0) is 6.54 Å². The maximum atomic E-state index is 4.54. The van der Waals surface area contributed by atoms with E-state index in [1.165, 1.54) is 0 Å². The van der Waals surface area contributed by atoms with E-state index in [-0.39, 0.29) is 0 Å². The summed E-state index contributed by atoms with van der Waals surface area (Å²) in [6.07, 6.45) is 3.74. The van der Waals surface area contributed by atoms with Crippen molar-refractivity contribution in [2.75, 3.05) is 13.1 Å². The molecule has 2 N–H and O–H groups in total. The van der Waals surface area contributed by atoms with Crippen molar-refractivity contribution < 1.29 is 0 Å². The van der Waals surface area contributed by atoms with Gasteiger partial charge in [0.25, 0.3) is 0 Å². The van der Waals surface area contributed by atoms with E-state index >= 15 is 0 Å². The van der Waals surface area contributed by atoms with Crippen molar-refractivity contribution in [3.8, 4) is 0 Å². The normalized spacial score (nSPS) is 13.7. The Morgan fingerprint density at radius 2 is 2.17 bits per heavy atom. The molecule has 0 amide bonds. The summed E-state index contributed by atoms with van der Waals surface area (Å²) >= 11 is 0. The van der Waals surface area contributed by atoms with Crippen LogP contribution in [0.3, 0.4) is 0 Å². The van der Waals surface area contributed by atoms with Crippen molar-refractivity contribution >= 4 is 5.96 Å². The minimum absolute atomic E-state index is 0.410. The van der Waals surface area contributed by atoms with Crippen LogP contribution in [-0.4, -0.2) is 34.9 Å². The number of aromatic nitrogens is 2.